The van der Waals surface area contributed by atoms with Crippen molar-refractivity contribution in [1.29, 1.82) is 0 Å². The summed E-state index contributed by atoms with van der Waals surface area (Å²) in [7, 11) is -3.94. The number of nitrogens with zero attached hydrogens (tertiary/aromatic N) is 2. The van der Waals surface area contributed by atoms with Crippen molar-refractivity contribution in [3.05, 3.63) is 59.7 Å². The molecule has 0 bridgehead atoms. The van der Waals surface area contributed by atoms with E-state index in [-0.39, 0.29) is 30.2 Å². The number of benzene rings is 2. The first kappa shape index (κ1) is 33.3. The van der Waals surface area contributed by atoms with Gasteiger partial charge in [-0.25, -0.2) is 18.0 Å². The average molecular weight is 647 g/mol. The van der Waals surface area contributed by atoms with Gasteiger partial charge in [0.05, 0.1) is 10.8 Å². The molecule has 3 N–H and O–H groups in total. The van der Waals surface area contributed by atoms with Gasteiger partial charge in [0, 0.05) is 24.4 Å². The van der Waals surface area contributed by atoms with Crippen LogP contribution in [0, 0.1) is 6.92 Å². The van der Waals surface area contributed by atoms with E-state index in [9.17, 15) is 32.7 Å². The van der Waals surface area contributed by atoms with Crippen LogP contribution in [0.5, 0.6) is 0 Å². The quantitative estimate of drug-likeness (QED) is 0.371. The van der Waals surface area contributed by atoms with E-state index in [1.165, 1.54) is 28.8 Å². The van der Waals surface area contributed by atoms with Gasteiger partial charge in [0.15, 0.2) is 0 Å². The highest BCUT2D eigenvalue weighted by Crippen LogP contribution is 2.27. The molecule has 2 fully saturated rings. The van der Waals surface area contributed by atoms with Crippen molar-refractivity contribution in [2.75, 3.05) is 23.5 Å². The lowest BCUT2D eigenvalue weighted by Gasteiger charge is -2.27. The zero-order chi connectivity index (χ0) is 32.2. The minimum absolute atomic E-state index is 0.0571. The first-order valence-corrected chi connectivity index (χ1v) is 16.8. The molecule has 12 nitrogen and oxygen atoms in total. The standard InChI is InChI=1S/C30H38N4O8S2/c1-19-7-13-22(14-8-19)44(40,41)34-15-5-6-24(34)26(35)32-23(28(37)38)16-20-9-11-21(12-10-20)31-27(36)25-17-43-18-33(25)29(39)42-30(2,3)4/h7-14,23-25H,5-6,15-18H2,1-4H3,(H,31,36)(H,32,35)(H,37,38)/t23-,24+,25?/m0/s1. The van der Waals surface area contributed by atoms with E-state index >= 15 is 0 Å². The van der Waals surface area contributed by atoms with Gasteiger partial charge in [-0.2, -0.15) is 4.31 Å². The number of rotatable bonds is 9. The fraction of sp³-hybridized carbons (Fsp3) is 0.467. The van der Waals surface area contributed by atoms with Gasteiger partial charge in [0.25, 0.3) is 0 Å². The maximum absolute atomic E-state index is 13.2. The van der Waals surface area contributed by atoms with Gasteiger partial charge in [-0.05, 0) is 70.4 Å². The molecular formula is C30H38N4O8S2. The fourth-order valence-corrected chi connectivity index (χ4v) is 7.75. The fourth-order valence-electron chi connectivity index (χ4n) is 4.95. The first-order chi connectivity index (χ1) is 20.7. The van der Waals surface area contributed by atoms with Gasteiger partial charge in [-0.1, -0.05) is 29.8 Å². The van der Waals surface area contributed by atoms with E-state index in [0.717, 1.165) is 9.87 Å². The number of nitrogens with one attached hydrogen (secondary N) is 2. The lowest BCUT2D eigenvalue weighted by Crippen LogP contribution is -2.51. The largest absolute Gasteiger partial charge is 0.480 e. The number of carbonyl (C=O) groups excluding carboxylic acids is 3. The minimum Gasteiger partial charge on any atom is -0.480 e. The van der Waals surface area contributed by atoms with Crippen LogP contribution in [0.3, 0.4) is 0 Å². The molecule has 44 heavy (non-hydrogen) atoms. The lowest BCUT2D eigenvalue weighted by atomic mass is 10.0. The van der Waals surface area contributed by atoms with Crippen LogP contribution in [0.15, 0.2) is 53.4 Å². The summed E-state index contributed by atoms with van der Waals surface area (Å²) in [6.45, 7) is 7.27. The van der Waals surface area contributed by atoms with E-state index in [4.69, 9.17) is 4.74 Å². The van der Waals surface area contributed by atoms with Gasteiger partial charge in [-0.15, -0.1) is 11.8 Å². The van der Waals surface area contributed by atoms with Gasteiger partial charge < -0.3 is 20.5 Å². The summed E-state index contributed by atoms with van der Waals surface area (Å²) < 4.78 is 33.0. The third kappa shape index (κ3) is 8.10. The molecule has 0 saturated carbocycles. The molecule has 2 aliphatic heterocycles. The molecule has 1 unspecified atom stereocenters. The Morgan fingerprint density at radius 3 is 2.30 bits per heavy atom. The Balaban J connectivity index is 1.37. The number of aliphatic carboxylic acids is 1. The van der Waals surface area contributed by atoms with E-state index in [2.05, 4.69) is 10.6 Å². The van der Waals surface area contributed by atoms with Crippen LogP contribution in [0.4, 0.5) is 10.5 Å². The third-order valence-electron chi connectivity index (χ3n) is 7.22. The zero-order valence-corrected chi connectivity index (χ0v) is 26.7. The van der Waals surface area contributed by atoms with Gasteiger partial charge in [0.1, 0.15) is 23.7 Å². The molecule has 2 aliphatic rings. The average Bonchev–Trinajstić information content (AvgIpc) is 3.64. The summed E-state index contributed by atoms with van der Waals surface area (Å²) in [6, 6.07) is 9.82. The summed E-state index contributed by atoms with van der Waals surface area (Å²) in [4.78, 5) is 52.2. The van der Waals surface area contributed by atoms with Crippen molar-refractivity contribution in [3.8, 4) is 0 Å². The number of aryl methyl sites for hydroxylation is 1. The van der Waals surface area contributed by atoms with Gasteiger partial charge in [0.2, 0.25) is 21.8 Å². The van der Waals surface area contributed by atoms with Gasteiger partial charge in [-0.3, -0.25) is 14.5 Å². The molecule has 238 valence electrons. The van der Waals surface area contributed by atoms with E-state index in [0.29, 0.717) is 29.3 Å². The normalized spacial score (nSPS) is 19.8. The first-order valence-electron chi connectivity index (χ1n) is 14.2. The summed E-state index contributed by atoms with van der Waals surface area (Å²) in [6.07, 6.45) is 0.137. The van der Waals surface area contributed by atoms with Crippen LogP contribution >= 0.6 is 11.8 Å². The lowest BCUT2D eigenvalue weighted by molar-refractivity contribution is -0.142. The number of hydrogen-bond acceptors (Lipinski definition) is 8. The molecule has 0 aromatic heterocycles. The van der Waals surface area contributed by atoms with Crippen LogP contribution in [0.25, 0.3) is 0 Å². The number of carbonyl (C=O) groups is 4. The number of ether oxygens (including phenoxy) is 1. The van der Waals surface area contributed by atoms with Crippen LogP contribution in [-0.2, 0) is 35.6 Å². The van der Waals surface area contributed by atoms with Crippen LogP contribution < -0.4 is 10.6 Å². The summed E-state index contributed by atoms with van der Waals surface area (Å²) in [5, 5.41) is 15.2. The molecular weight excluding hydrogens is 608 g/mol. The maximum atomic E-state index is 13.2. The molecule has 0 aliphatic carbocycles. The van der Waals surface area contributed by atoms with Crippen molar-refractivity contribution in [2.24, 2.45) is 0 Å². The molecule has 0 spiro atoms. The molecule has 2 aromatic rings. The number of amides is 3. The summed E-state index contributed by atoms with van der Waals surface area (Å²) in [5.41, 5.74) is 1.25. The highest BCUT2D eigenvalue weighted by atomic mass is 32.2. The third-order valence-corrected chi connectivity index (χ3v) is 10.2. The maximum Gasteiger partial charge on any atom is 0.411 e. The number of anilines is 1. The molecule has 4 rings (SSSR count). The van der Waals surface area contributed by atoms with Crippen molar-refractivity contribution in [2.45, 2.75) is 75.6 Å². The smallest absolute Gasteiger partial charge is 0.411 e. The van der Waals surface area contributed by atoms with Crippen molar-refractivity contribution in [3.63, 3.8) is 0 Å². The van der Waals surface area contributed by atoms with Crippen molar-refractivity contribution >= 4 is 51.3 Å². The molecule has 3 atom stereocenters. The highest BCUT2D eigenvalue weighted by Gasteiger charge is 2.41. The topological polar surface area (TPSA) is 162 Å². The van der Waals surface area contributed by atoms with Crippen LogP contribution in [0.2, 0.25) is 0 Å². The second kappa shape index (κ2) is 13.6. The molecule has 0 radical (unpaired) electrons. The highest BCUT2D eigenvalue weighted by molar-refractivity contribution is 7.99. The predicted octanol–water partition coefficient (Wildman–Crippen LogP) is 3.21. The Bertz CT molecular complexity index is 1490. The van der Waals surface area contributed by atoms with Crippen molar-refractivity contribution in [1.82, 2.24) is 14.5 Å². The van der Waals surface area contributed by atoms with Gasteiger partial charge >= 0.3 is 12.1 Å². The minimum atomic E-state index is -3.94. The Morgan fingerprint density at radius 1 is 1.02 bits per heavy atom. The summed E-state index contributed by atoms with van der Waals surface area (Å²) in [5.74, 6) is -1.54. The Morgan fingerprint density at radius 2 is 1.68 bits per heavy atom. The Hall–Kier alpha value is -3.62. The Labute approximate surface area is 261 Å². The molecule has 3 amide bonds. The van der Waals surface area contributed by atoms with E-state index < -0.39 is 51.7 Å². The van der Waals surface area contributed by atoms with Crippen LogP contribution in [-0.4, -0.2) is 88.5 Å². The predicted molar refractivity (Wildman–Crippen MR) is 166 cm³/mol. The molecule has 14 heteroatoms. The molecule has 2 heterocycles. The Kier molecular flexibility index (Phi) is 10.3. The monoisotopic (exact) mass is 646 g/mol. The SMILES string of the molecule is Cc1ccc(S(=O)(=O)N2CCC[C@@H]2C(=O)N[C@@H](Cc2ccc(NC(=O)C3CSCN3C(=O)OC(C)(C)C)cc2)C(=O)O)cc1. The van der Waals surface area contributed by atoms with Crippen LogP contribution in [0.1, 0.15) is 44.7 Å². The number of carboxylic acids is 1. The summed E-state index contributed by atoms with van der Waals surface area (Å²) >= 11 is 1.45. The molecule has 2 saturated heterocycles. The number of hydrogen-bond donors (Lipinski definition) is 3. The second-order valence-corrected chi connectivity index (χ2v) is 14.7. The zero-order valence-electron chi connectivity index (χ0n) is 25.1. The number of thioether (sulfide) groups is 1. The van der Waals surface area contributed by atoms with E-state index in [1.54, 1.807) is 57.2 Å². The number of carboxylic acid groups (broad SMARTS) is 1. The van der Waals surface area contributed by atoms with E-state index in [1.807, 2.05) is 6.92 Å². The number of sulfonamides is 1. The second-order valence-electron chi connectivity index (χ2n) is 11.8. The molecule has 2 aromatic carbocycles. The van der Waals surface area contributed by atoms with Crippen molar-refractivity contribution < 1.29 is 37.4 Å².